The van der Waals surface area contributed by atoms with E-state index in [9.17, 15) is 4.79 Å². The molecule has 1 aromatic heterocycles. The Balaban J connectivity index is 2.26. The summed E-state index contributed by atoms with van der Waals surface area (Å²) in [5, 5.41) is 6.63. The summed E-state index contributed by atoms with van der Waals surface area (Å²) >= 11 is 6.06. The third-order valence-corrected chi connectivity index (χ3v) is 3.50. The van der Waals surface area contributed by atoms with Crippen molar-refractivity contribution >= 4 is 29.0 Å². The maximum absolute atomic E-state index is 12.4. The SMILES string of the molecule is CCNc1cc(C(=O)Nc2cccc(Cl)c2C)cc(C)n1. The smallest absolute Gasteiger partial charge is 0.255 e. The Labute approximate surface area is 129 Å². The lowest BCUT2D eigenvalue weighted by molar-refractivity contribution is 0.102. The molecule has 2 aromatic rings. The number of carbonyl (C=O) groups excluding carboxylic acids is 1. The van der Waals surface area contributed by atoms with Crippen LogP contribution < -0.4 is 10.6 Å². The standard InChI is InChI=1S/C16H18ClN3O/c1-4-18-15-9-12(8-10(2)19-15)16(21)20-14-7-5-6-13(17)11(14)3/h5-9H,4H2,1-3H3,(H,18,19)(H,20,21). The van der Waals surface area contributed by atoms with E-state index in [2.05, 4.69) is 15.6 Å². The summed E-state index contributed by atoms with van der Waals surface area (Å²) in [5.41, 5.74) is 2.93. The fraction of sp³-hybridized carbons (Fsp3) is 0.250. The number of hydrogen-bond donors (Lipinski definition) is 2. The van der Waals surface area contributed by atoms with Crippen molar-refractivity contribution in [2.75, 3.05) is 17.2 Å². The molecular weight excluding hydrogens is 286 g/mol. The number of aryl methyl sites for hydroxylation is 1. The summed E-state index contributed by atoms with van der Waals surface area (Å²) in [5.74, 6) is 0.524. The van der Waals surface area contributed by atoms with Gasteiger partial charge in [-0.15, -0.1) is 0 Å². The molecule has 21 heavy (non-hydrogen) atoms. The molecule has 0 spiro atoms. The van der Waals surface area contributed by atoms with E-state index < -0.39 is 0 Å². The minimum atomic E-state index is -0.176. The fourth-order valence-corrected chi connectivity index (χ4v) is 2.18. The van der Waals surface area contributed by atoms with Crippen molar-refractivity contribution in [1.29, 1.82) is 0 Å². The molecule has 2 N–H and O–H groups in total. The van der Waals surface area contributed by atoms with Gasteiger partial charge in [-0.05, 0) is 50.6 Å². The van der Waals surface area contributed by atoms with Gasteiger partial charge >= 0.3 is 0 Å². The van der Waals surface area contributed by atoms with E-state index in [1.54, 1.807) is 18.2 Å². The van der Waals surface area contributed by atoms with Gasteiger partial charge in [-0.2, -0.15) is 0 Å². The van der Waals surface area contributed by atoms with Crippen LogP contribution in [0.3, 0.4) is 0 Å². The predicted octanol–water partition coefficient (Wildman–Crippen LogP) is 4.04. The summed E-state index contributed by atoms with van der Waals surface area (Å²) < 4.78 is 0. The van der Waals surface area contributed by atoms with Gasteiger partial charge in [0.1, 0.15) is 5.82 Å². The van der Waals surface area contributed by atoms with E-state index in [1.807, 2.05) is 32.9 Å². The number of hydrogen-bond acceptors (Lipinski definition) is 3. The topological polar surface area (TPSA) is 54.0 Å². The molecule has 0 bridgehead atoms. The van der Waals surface area contributed by atoms with E-state index in [0.717, 1.165) is 17.8 Å². The van der Waals surface area contributed by atoms with Crippen molar-refractivity contribution < 1.29 is 4.79 Å². The lowest BCUT2D eigenvalue weighted by atomic mass is 10.1. The highest BCUT2D eigenvalue weighted by molar-refractivity contribution is 6.31. The molecule has 0 radical (unpaired) electrons. The molecule has 110 valence electrons. The molecule has 2 rings (SSSR count). The highest BCUT2D eigenvalue weighted by Gasteiger charge is 2.11. The predicted molar refractivity (Wildman–Crippen MR) is 87.3 cm³/mol. The van der Waals surface area contributed by atoms with Crippen molar-refractivity contribution in [3.05, 3.63) is 52.2 Å². The van der Waals surface area contributed by atoms with E-state index >= 15 is 0 Å². The van der Waals surface area contributed by atoms with Crippen LogP contribution >= 0.6 is 11.6 Å². The largest absolute Gasteiger partial charge is 0.370 e. The first-order valence-electron chi connectivity index (χ1n) is 6.80. The maximum atomic E-state index is 12.4. The Morgan fingerprint density at radius 2 is 2.05 bits per heavy atom. The van der Waals surface area contributed by atoms with Crippen LogP contribution in [0.1, 0.15) is 28.5 Å². The third kappa shape index (κ3) is 3.73. The fourth-order valence-electron chi connectivity index (χ4n) is 2.01. The Bertz CT molecular complexity index is 671. The van der Waals surface area contributed by atoms with E-state index in [4.69, 9.17) is 11.6 Å². The minimum Gasteiger partial charge on any atom is -0.370 e. The number of benzene rings is 1. The molecule has 0 aliphatic rings. The van der Waals surface area contributed by atoms with Crippen LogP contribution in [0.15, 0.2) is 30.3 Å². The number of nitrogens with one attached hydrogen (secondary N) is 2. The average molecular weight is 304 g/mol. The number of rotatable bonds is 4. The van der Waals surface area contributed by atoms with E-state index in [-0.39, 0.29) is 5.91 Å². The van der Waals surface area contributed by atoms with Gasteiger partial charge in [0, 0.05) is 28.5 Å². The Morgan fingerprint density at radius 1 is 1.29 bits per heavy atom. The van der Waals surface area contributed by atoms with Crippen molar-refractivity contribution in [3.8, 4) is 0 Å². The van der Waals surface area contributed by atoms with Crippen molar-refractivity contribution in [3.63, 3.8) is 0 Å². The highest BCUT2D eigenvalue weighted by atomic mass is 35.5. The highest BCUT2D eigenvalue weighted by Crippen LogP contribution is 2.23. The van der Waals surface area contributed by atoms with Gasteiger partial charge in [-0.25, -0.2) is 4.98 Å². The molecule has 1 aromatic carbocycles. The molecule has 0 fully saturated rings. The van der Waals surface area contributed by atoms with Crippen molar-refractivity contribution in [1.82, 2.24) is 4.98 Å². The Morgan fingerprint density at radius 3 is 2.76 bits per heavy atom. The molecular formula is C16H18ClN3O. The first kappa shape index (κ1) is 15.3. The summed E-state index contributed by atoms with van der Waals surface area (Å²) in [4.78, 5) is 16.7. The second kappa shape index (κ2) is 6.59. The summed E-state index contributed by atoms with van der Waals surface area (Å²) in [6.07, 6.45) is 0. The summed E-state index contributed by atoms with van der Waals surface area (Å²) in [6.45, 7) is 6.48. The van der Waals surface area contributed by atoms with Gasteiger partial charge in [-0.3, -0.25) is 4.79 Å². The molecule has 5 heteroatoms. The second-order valence-corrected chi connectivity index (χ2v) is 5.19. The molecule has 0 unspecified atom stereocenters. The first-order chi connectivity index (χ1) is 10.0. The van der Waals surface area contributed by atoms with Gasteiger partial charge in [0.05, 0.1) is 0 Å². The first-order valence-corrected chi connectivity index (χ1v) is 7.18. The Kier molecular flexibility index (Phi) is 4.81. The second-order valence-electron chi connectivity index (χ2n) is 4.78. The monoisotopic (exact) mass is 303 g/mol. The third-order valence-electron chi connectivity index (χ3n) is 3.09. The Hall–Kier alpha value is -2.07. The van der Waals surface area contributed by atoms with E-state index in [0.29, 0.717) is 22.1 Å². The number of nitrogens with zero attached hydrogens (tertiary/aromatic N) is 1. The average Bonchev–Trinajstić information content (AvgIpc) is 2.43. The zero-order valence-corrected chi connectivity index (χ0v) is 13.1. The number of aromatic nitrogens is 1. The molecule has 0 saturated carbocycles. The molecule has 4 nitrogen and oxygen atoms in total. The zero-order chi connectivity index (χ0) is 15.4. The van der Waals surface area contributed by atoms with Crippen molar-refractivity contribution in [2.24, 2.45) is 0 Å². The van der Waals surface area contributed by atoms with Gasteiger partial charge in [0.15, 0.2) is 0 Å². The van der Waals surface area contributed by atoms with Crippen molar-refractivity contribution in [2.45, 2.75) is 20.8 Å². The van der Waals surface area contributed by atoms with Crippen LogP contribution in [0.5, 0.6) is 0 Å². The number of pyridine rings is 1. The lowest BCUT2D eigenvalue weighted by Gasteiger charge is -2.11. The lowest BCUT2D eigenvalue weighted by Crippen LogP contribution is -2.14. The van der Waals surface area contributed by atoms with Crippen LogP contribution in [-0.2, 0) is 0 Å². The van der Waals surface area contributed by atoms with Crippen LogP contribution in [0.25, 0.3) is 0 Å². The number of halogens is 1. The maximum Gasteiger partial charge on any atom is 0.255 e. The summed E-state index contributed by atoms with van der Waals surface area (Å²) in [7, 11) is 0. The molecule has 0 atom stereocenters. The normalized spacial score (nSPS) is 10.3. The number of carbonyl (C=O) groups is 1. The molecule has 0 saturated heterocycles. The van der Waals surface area contributed by atoms with Gasteiger partial charge in [0.2, 0.25) is 0 Å². The number of amides is 1. The van der Waals surface area contributed by atoms with Gasteiger partial charge in [-0.1, -0.05) is 17.7 Å². The molecule has 1 heterocycles. The van der Waals surface area contributed by atoms with Gasteiger partial charge < -0.3 is 10.6 Å². The van der Waals surface area contributed by atoms with Crippen LogP contribution in [0.4, 0.5) is 11.5 Å². The quantitative estimate of drug-likeness (QED) is 0.896. The van der Waals surface area contributed by atoms with Crippen LogP contribution in [0, 0.1) is 13.8 Å². The minimum absolute atomic E-state index is 0.176. The molecule has 0 aliphatic heterocycles. The zero-order valence-electron chi connectivity index (χ0n) is 12.3. The van der Waals surface area contributed by atoms with Crippen LogP contribution in [-0.4, -0.2) is 17.4 Å². The molecule has 0 aliphatic carbocycles. The van der Waals surface area contributed by atoms with Gasteiger partial charge in [0.25, 0.3) is 5.91 Å². The van der Waals surface area contributed by atoms with Crippen LogP contribution in [0.2, 0.25) is 5.02 Å². The molecule has 1 amide bonds. The summed E-state index contributed by atoms with van der Waals surface area (Å²) in [6, 6.07) is 8.94. The number of anilines is 2. The van der Waals surface area contributed by atoms with E-state index in [1.165, 1.54) is 0 Å².